The van der Waals surface area contributed by atoms with Gasteiger partial charge in [-0.25, -0.2) is 0 Å². The summed E-state index contributed by atoms with van der Waals surface area (Å²) in [5.74, 6) is 0.541. The Kier molecular flexibility index (Phi) is 7.67. The minimum Gasteiger partial charge on any atom is -1.00 e. The van der Waals surface area contributed by atoms with Crippen molar-refractivity contribution >= 4 is 5.91 Å². The van der Waals surface area contributed by atoms with E-state index in [2.05, 4.69) is 66.1 Å². The van der Waals surface area contributed by atoms with E-state index in [-0.39, 0.29) is 24.2 Å². The molecule has 1 aliphatic heterocycles. The van der Waals surface area contributed by atoms with Gasteiger partial charge in [-0.2, -0.15) is 0 Å². The van der Waals surface area contributed by atoms with E-state index in [1.54, 1.807) is 0 Å². The molecule has 1 atom stereocenters. The Labute approximate surface area is 163 Å². The van der Waals surface area contributed by atoms with Crippen molar-refractivity contribution in [2.45, 2.75) is 26.3 Å². The summed E-state index contributed by atoms with van der Waals surface area (Å²) in [6.45, 7) is 8.78. The number of hydrogen-bond donors (Lipinski definition) is 0. The topological polar surface area (TPSA) is 23.6 Å². The summed E-state index contributed by atoms with van der Waals surface area (Å²) >= 11 is 0. The van der Waals surface area contributed by atoms with Crippen molar-refractivity contribution in [2.24, 2.45) is 5.92 Å². The maximum absolute atomic E-state index is 13.1. The number of halogens is 1. The lowest BCUT2D eigenvalue weighted by Gasteiger charge is -2.37. The number of rotatable bonds is 5. The van der Waals surface area contributed by atoms with Crippen molar-refractivity contribution < 1.29 is 17.2 Å². The molecule has 0 aliphatic carbocycles. The zero-order chi connectivity index (χ0) is 17.6. The maximum atomic E-state index is 13.1. The largest absolute Gasteiger partial charge is 1.00 e. The van der Waals surface area contributed by atoms with E-state index in [9.17, 15) is 4.79 Å². The van der Waals surface area contributed by atoms with Crippen LogP contribution in [0.2, 0.25) is 0 Å². The molecule has 1 unspecified atom stereocenters. The maximum Gasteiger partial charge on any atom is 0.230 e. The minimum atomic E-state index is -0.0399. The molecular weight excluding hydrogens is 344 g/mol. The quantitative estimate of drug-likeness (QED) is 0.775. The summed E-state index contributed by atoms with van der Waals surface area (Å²) in [4.78, 5) is 17.6. The molecule has 0 aromatic heterocycles. The first-order valence-corrected chi connectivity index (χ1v) is 9.25. The van der Waals surface area contributed by atoms with Gasteiger partial charge in [0.25, 0.3) is 0 Å². The van der Waals surface area contributed by atoms with Gasteiger partial charge >= 0.3 is 0 Å². The van der Waals surface area contributed by atoms with Crippen molar-refractivity contribution in [3.63, 3.8) is 0 Å². The van der Waals surface area contributed by atoms with Crippen molar-refractivity contribution in [3.8, 4) is 0 Å². The second-order valence-electron chi connectivity index (χ2n) is 7.22. The molecule has 0 N–H and O–H groups in total. The molecule has 1 fully saturated rings. The second-order valence-corrected chi connectivity index (χ2v) is 7.22. The third-order valence-electron chi connectivity index (χ3n) is 5.02. The van der Waals surface area contributed by atoms with E-state index in [1.165, 1.54) is 5.56 Å². The van der Waals surface area contributed by atoms with E-state index in [4.69, 9.17) is 0 Å². The van der Waals surface area contributed by atoms with Crippen molar-refractivity contribution in [2.75, 3.05) is 26.2 Å². The first-order chi connectivity index (χ1) is 12.1. The summed E-state index contributed by atoms with van der Waals surface area (Å²) in [7, 11) is 0. The van der Waals surface area contributed by atoms with E-state index in [1.807, 2.05) is 18.2 Å². The highest BCUT2D eigenvalue weighted by molar-refractivity contribution is 5.84. The zero-order valence-electron chi connectivity index (χ0n) is 15.6. The third-order valence-corrected chi connectivity index (χ3v) is 5.02. The molecule has 0 saturated carbocycles. The van der Waals surface area contributed by atoms with Gasteiger partial charge in [0, 0.05) is 32.7 Å². The van der Waals surface area contributed by atoms with Gasteiger partial charge in [0.15, 0.2) is 0 Å². The fourth-order valence-corrected chi connectivity index (χ4v) is 3.64. The first kappa shape index (κ1) is 20.5. The lowest BCUT2D eigenvalue weighted by Crippen LogP contribution is -3.00. The van der Waals surface area contributed by atoms with Crippen LogP contribution in [0.5, 0.6) is 0 Å². The highest BCUT2D eigenvalue weighted by Gasteiger charge is 2.30. The Balaban J connectivity index is 0.00000243. The SMILES string of the molecule is CC(C)C(C(=O)N1CCN(Cc2ccccc2)CC1)c1ccccc1.[Cl-]. The number of benzene rings is 2. The van der Waals surface area contributed by atoms with Gasteiger partial charge < -0.3 is 17.3 Å². The molecular formula is C22H28ClN2O-. The normalized spacial score (nSPS) is 16.2. The van der Waals surface area contributed by atoms with E-state index < -0.39 is 0 Å². The molecule has 1 aliphatic rings. The number of amides is 1. The zero-order valence-corrected chi connectivity index (χ0v) is 16.4. The molecule has 140 valence electrons. The molecule has 3 nitrogen and oxygen atoms in total. The Hall–Kier alpha value is -1.84. The van der Waals surface area contributed by atoms with Gasteiger partial charge in [-0.15, -0.1) is 0 Å². The van der Waals surface area contributed by atoms with Crippen molar-refractivity contribution in [1.82, 2.24) is 9.80 Å². The summed E-state index contributed by atoms with van der Waals surface area (Å²) in [5, 5.41) is 0. The Bertz CT molecular complexity index is 667. The molecule has 26 heavy (non-hydrogen) atoms. The molecule has 0 spiro atoms. The van der Waals surface area contributed by atoms with Crippen LogP contribution in [0.15, 0.2) is 60.7 Å². The van der Waals surface area contributed by atoms with Crippen molar-refractivity contribution in [1.29, 1.82) is 0 Å². The highest BCUT2D eigenvalue weighted by atomic mass is 35.5. The Morgan fingerprint density at radius 2 is 1.42 bits per heavy atom. The molecule has 2 aromatic carbocycles. The molecule has 1 heterocycles. The molecule has 1 amide bonds. The van der Waals surface area contributed by atoms with Crippen LogP contribution in [0.4, 0.5) is 0 Å². The van der Waals surface area contributed by atoms with Gasteiger partial charge in [-0.3, -0.25) is 9.69 Å². The number of piperazine rings is 1. The smallest absolute Gasteiger partial charge is 0.230 e. The summed E-state index contributed by atoms with van der Waals surface area (Å²) in [5.41, 5.74) is 2.47. The highest BCUT2D eigenvalue weighted by Crippen LogP contribution is 2.27. The van der Waals surface area contributed by atoms with Crippen LogP contribution >= 0.6 is 0 Å². The Morgan fingerprint density at radius 1 is 0.885 bits per heavy atom. The van der Waals surface area contributed by atoms with Gasteiger partial charge in [0.1, 0.15) is 0 Å². The van der Waals surface area contributed by atoms with Gasteiger partial charge in [0.2, 0.25) is 5.91 Å². The predicted molar refractivity (Wildman–Crippen MR) is 102 cm³/mol. The standard InChI is InChI=1S/C22H28N2O.ClH/c1-18(2)21(20-11-7-4-8-12-20)22(25)24-15-13-23(14-16-24)17-19-9-5-3-6-10-19;/h3-12,18,21H,13-17H2,1-2H3;1H/p-1. The monoisotopic (exact) mass is 371 g/mol. The number of hydrogen-bond acceptors (Lipinski definition) is 2. The van der Waals surface area contributed by atoms with Crippen molar-refractivity contribution in [3.05, 3.63) is 71.8 Å². The molecule has 4 heteroatoms. The fourth-order valence-electron chi connectivity index (χ4n) is 3.64. The summed E-state index contributed by atoms with van der Waals surface area (Å²) in [6, 6.07) is 20.8. The van der Waals surface area contributed by atoms with E-state index >= 15 is 0 Å². The van der Waals surface area contributed by atoms with Crippen LogP contribution in [-0.4, -0.2) is 41.9 Å². The average Bonchev–Trinajstić information content (AvgIpc) is 2.64. The van der Waals surface area contributed by atoms with E-state index in [0.29, 0.717) is 5.92 Å². The molecule has 2 aromatic rings. The Morgan fingerprint density at radius 3 is 1.96 bits per heavy atom. The fraction of sp³-hybridized carbons (Fsp3) is 0.409. The third kappa shape index (κ3) is 5.09. The average molecular weight is 372 g/mol. The molecule has 3 rings (SSSR count). The van der Waals surface area contributed by atoms with Crippen LogP contribution < -0.4 is 12.4 Å². The van der Waals surface area contributed by atoms with Crippen LogP contribution in [0, 0.1) is 5.92 Å². The molecule has 1 saturated heterocycles. The van der Waals surface area contributed by atoms with Crippen LogP contribution in [0.3, 0.4) is 0 Å². The van der Waals surface area contributed by atoms with Gasteiger partial charge in [-0.1, -0.05) is 74.5 Å². The predicted octanol–water partition coefficient (Wildman–Crippen LogP) is 0.775. The lowest BCUT2D eigenvalue weighted by atomic mass is 9.87. The summed E-state index contributed by atoms with van der Waals surface area (Å²) < 4.78 is 0. The summed E-state index contributed by atoms with van der Waals surface area (Å²) in [6.07, 6.45) is 0. The van der Waals surface area contributed by atoms with Gasteiger partial charge in [0.05, 0.1) is 5.92 Å². The van der Waals surface area contributed by atoms with Gasteiger partial charge in [-0.05, 0) is 17.0 Å². The first-order valence-electron chi connectivity index (χ1n) is 9.25. The number of nitrogens with zero attached hydrogens (tertiary/aromatic N) is 2. The van der Waals surface area contributed by atoms with E-state index in [0.717, 1.165) is 38.3 Å². The van der Waals surface area contributed by atoms with Crippen LogP contribution in [0.25, 0.3) is 0 Å². The molecule has 0 bridgehead atoms. The van der Waals surface area contributed by atoms with Crippen LogP contribution in [-0.2, 0) is 11.3 Å². The molecule has 0 radical (unpaired) electrons. The van der Waals surface area contributed by atoms with Crippen LogP contribution in [0.1, 0.15) is 30.9 Å². The lowest BCUT2D eigenvalue weighted by molar-refractivity contribution is -0.135. The second kappa shape index (κ2) is 9.75. The number of carbonyl (C=O) groups excluding carboxylic acids is 1. The number of carbonyl (C=O) groups is 1. The minimum absolute atomic E-state index is 0.